The number of carboxylic acids is 1. The number of aliphatic carboxylic acids is 1. The molecule has 1 aromatic heterocycles. The molecule has 3 fully saturated rings. The van der Waals surface area contributed by atoms with Crippen LogP contribution in [0.2, 0.25) is 5.02 Å². The van der Waals surface area contributed by atoms with Crippen LogP contribution in [0.3, 0.4) is 0 Å². The lowest BCUT2D eigenvalue weighted by atomic mass is 9.85. The topological polar surface area (TPSA) is 145 Å². The number of likely N-dealkylation sites (tertiary alicyclic amines) is 1. The monoisotopic (exact) mass is 628 g/mol. The zero-order valence-corrected chi connectivity index (χ0v) is 26.0. The highest BCUT2D eigenvalue weighted by molar-refractivity contribution is 7.21. The fourth-order valence-electron chi connectivity index (χ4n) is 5.78. The van der Waals surface area contributed by atoms with E-state index < -0.39 is 58.7 Å². The first-order valence-corrected chi connectivity index (χ1v) is 15.7. The van der Waals surface area contributed by atoms with Crippen molar-refractivity contribution in [1.29, 1.82) is 0 Å². The number of amides is 4. The maximum atomic E-state index is 14.1. The van der Waals surface area contributed by atoms with Gasteiger partial charge in [-0.25, -0.2) is 4.79 Å². The molecule has 5 atom stereocenters. The number of nitrogens with zero attached hydrogens (tertiary/aromatic N) is 1. The molecule has 0 radical (unpaired) electrons. The highest BCUT2D eigenvalue weighted by Crippen LogP contribution is 2.45. The number of carbonyl (C=O) groups excluding carboxylic acids is 4. The molecule has 2 aliphatic carbocycles. The highest BCUT2D eigenvalue weighted by Gasteiger charge is 2.61. The minimum atomic E-state index is -1.48. The average molecular weight is 629 g/mol. The Morgan fingerprint density at radius 3 is 2.49 bits per heavy atom. The van der Waals surface area contributed by atoms with Crippen LogP contribution in [0, 0.1) is 17.3 Å². The Labute approximate surface area is 259 Å². The smallest absolute Gasteiger partial charge is 0.330 e. The third kappa shape index (κ3) is 6.28. The minimum Gasteiger partial charge on any atom is -0.479 e. The van der Waals surface area contributed by atoms with Gasteiger partial charge in [0.15, 0.2) is 0 Å². The summed E-state index contributed by atoms with van der Waals surface area (Å²) in [7, 11) is 0. The first kappa shape index (κ1) is 31.0. The molecule has 4 N–H and O–H groups in total. The second-order valence-electron chi connectivity index (χ2n) is 13.0. The number of fused-ring (bicyclic) bond motifs is 1. The molecule has 2 aromatic rings. The summed E-state index contributed by atoms with van der Waals surface area (Å²) in [6.45, 7) is 9.17. The number of hydrogen-bond acceptors (Lipinski definition) is 6. The lowest BCUT2D eigenvalue weighted by molar-refractivity contribution is -0.147. The Morgan fingerprint density at radius 1 is 1.21 bits per heavy atom. The van der Waals surface area contributed by atoms with E-state index in [4.69, 9.17) is 11.6 Å². The summed E-state index contributed by atoms with van der Waals surface area (Å²) in [6, 6.07) is 4.78. The van der Waals surface area contributed by atoms with Gasteiger partial charge in [0.1, 0.15) is 22.5 Å². The quantitative estimate of drug-likeness (QED) is 0.295. The fraction of sp³-hybridized carbons (Fsp3) is 0.516. The Morgan fingerprint density at radius 2 is 1.91 bits per heavy atom. The molecular formula is C31H37ClN4O6S. The van der Waals surface area contributed by atoms with Crippen LogP contribution in [0.25, 0.3) is 10.1 Å². The third-order valence-electron chi connectivity index (χ3n) is 8.58. The van der Waals surface area contributed by atoms with Crippen LogP contribution in [-0.2, 0) is 19.2 Å². The van der Waals surface area contributed by atoms with E-state index in [1.807, 2.05) is 45.0 Å². The Balaban J connectivity index is 1.39. The van der Waals surface area contributed by atoms with Gasteiger partial charge in [-0.15, -0.1) is 17.9 Å². The summed E-state index contributed by atoms with van der Waals surface area (Å²) < 4.78 is 0.855. The fourth-order valence-corrected chi connectivity index (χ4v) is 7.20. The SMILES string of the molecule is C=CC1CC1(NC(=O)[C@@H]1C[C@@H](NC(=O)c2sc3ccccc3c2Cl)CN1C(=O)[C@@H](NC(=O)CC1CC1)C(C)(C)C)C(=O)O. The maximum absolute atomic E-state index is 14.1. The van der Waals surface area contributed by atoms with Gasteiger partial charge in [0.05, 0.1) is 5.02 Å². The van der Waals surface area contributed by atoms with Crippen LogP contribution >= 0.6 is 22.9 Å². The van der Waals surface area contributed by atoms with E-state index in [0.717, 1.165) is 22.9 Å². The van der Waals surface area contributed by atoms with Gasteiger partial charge in [-0.1, -0.05) is 56.6 Å². The molecule has 0 spiro atoms. The van der Waals surface area contributed by atoms with Crippen LogP contribution in [0.1, 0.15) is 62.5 Å². The summed E-state index contributed by atoms with van der Waals surface area (Å²) in [4.78, 5) is 67.7. The molecule has 12 heteroatoms. The Kier molecular flexibility index (Phi) is 8.34. The first-order chi connectivity index (χ1) is 20.2. The molecule has 4 amide bonds. The molecule has 1 saturated heterocycles. The highest BCUT2D eigenvalue weighted by atomic mass is 35.5. The molecule has 10 nitrogen and oxygen atoms in total. The van der Waals surface area contributed by atoms with Gasteiger partial charge >= 0.3 is 5.97 Å². The maximum Gasteiger partial charge on any atom is 0.330 e. The van der Waals surface area contributed by atoms with E-state index in [0.29, 0.717) is 22.2 Å². The van der Waals surface area contributed by atoms with Gasteiger partial charge in [-0.2, -0.15) is 0 Å². The number of carboxylic acid groups (broad SMARTS) is 1. The van der Waals surface area contributed by atoms with Crippen molar-refractivity contribution in [2.24, 2.45) is 17.3 Å². The van der Waals surface area contributed by atoms with Crippen LogP contribution < -0.4 is 16.0 Å². The van der Waals surface area contributed by atoms with Crippen molar-refractivity contribution in [3.05, 3.63) is 46.8 Å². The van der Waals surface area contributed by atoms with Crippen molar-refractivity contribution in [1.82, 2.24) is 20.9 Å². The summed E-state index contributed by atoms with van der Waals surface area (Å²) in [5.41, 5.74) is -2.17. The summed E-state index contributed by atoms with van der Waals surface area (Å²) >= 11 is 7.78. The predicted molar refractivity (Wildman–Crippen MR) is 164 cm³/mol. The molecule has 2 saturated carbocycles. The molecule has 0 bridgehead atoms. The first-order valence-electron chi connectivity index (χ1n) is 14.5. The molecular weight excluding hydrogens is 592 g/mol. The molecule has 5 rings (SSSR count). The van der Waals surface area contributed by atoms with Gasteiger partial charge in [0, 0.05) is 35.0 Å². The molecule has 230 valence electrons. The lowest BCUT2D eigenvalue weighted by Gasteiger charge is -2.35. The summed E-state index contributed by atoms with van der Waals surface area (Å²) in [5.74, 6) is -3.03. The standard InChI is InChI=1S/C31H37ClN4O6S/c1-5-17-14-31(17,29(41)42)35-26(38)20-13-18(33-27(39)24-23(32)19-8-6-7-9-21(19)43-24)15-36(20)28(40)25(30(2,3)4)34-22(37)12-16-10-11-16/h5-9,16-18,20,25H,1,10-15H2,2-4H3,(H,33,39)(H,34,37)(H,35,38)(H,41,42)/t17?,18-,20+,25-,31?/m1/s1. The van der Waals surface area contributed by atoms with E-state index in [1.165, 1.54) is 22.3 Å². The molecule has 43 heavy (non-hydrogen) atoms. The van der Waals surface area contributed by atoms with Gasteiger partial charge in [0.2, 0.25) is 17.7 Å². The number of carbonyl (C=O) groups is 5. The largest absolute Gasteiger partial charge is 0.479 e. The molecule has 2 unspecified atom stereocenters. The van der Waals surface area contributed by atoms with Crippen molar-refractivity contribution in [3.8, 4) is 0 Å². The van der Waals surface area contributed by atoms with E-state index in [2.05, 4.69) is 22.5 Å². The van der Waals surface area contributed by atoms with Crippen molar-refractivity contribution in [3.63, 3.8) is 0 Å². The minimum absolute atomic E-state index is 0.00120. The van der Waals surface area contributed by atoms with E-state index >= 15 is 0 Å². The number of nitrogens with one attached hydrogen (secondary N) is 3. The molecule has 1 aliphatic heterocycles. The normalized spacial score (nSPS) is 25.6. The van der Waals surface area contributed by atoms with Crippen molar-refractivity contribution in [2.75, 3.05) is 6.54 Å². The number of thiophene rings is 1. The predicted octanol–water partition coefficient (Wildman–Crippen LogP) is 3.73. The Hall–Kier alpha value is -3.44. The molecule has 2 heterocycles. The molecule has 3 aliphatic rings. The van der Waals surface area contributed by atoms with Crippen LogP contribution in [0.5, 0.6) is 0 Å². The van der Waals surface area contributed by atoms with Crippen molar-refractivity contribution < 1.29 is 29.1 Å². The molecule has 1 aromatic carbocycles. The van der Waals surface area contributed by atoms with Gasteiger partial charge in [-0.3, -0.25) is 19.2 Å². The van der Waals surface area contributed by atoms with Gasteiger partial charge < -0.3 is 26.0 Å². The number of hydrogen-bond donors (Lipinski definition) is 4. The van der Waals surface area contributed by atoms with Crippen LogP contribution in [0.4, 0.5) is 0 Å². The summed E-state index contributed by atoms with van der Waals surface area (Å²) in [6.07, 6.45) is 4.06. The zero-order valence-electron chi connectivity index (χ0n) is 24.4. The second-order valence-corrected chi connectivity index (χ2v) is 14.4. The van der Waals surface area contributed by atoms with E-state index in [9.17, 15) is 29.1 Å². The van der Waals surface area contributed by atoms with Crippen molar-refractivity contribution in [2.45, 2.75) is 76.5 Å². The lowest BCUT2D eigenvalue weighted by Crippen LogP contribution is -2.59. The average Bonchev–Trinajstić information content (AvgIpc) is 3.82. The second kappa shape index (κ2) is 11.6. The summed E-state index contributed by atoms with van der Waals surface area (Å²) in [5, 5.41) is 19.4. The third-order valence-corrected chi connectivity index (χ3v) is 10.3. The Bertz CT molecular complexity index is 1500. The zero-order chi connectivity index (χ0) is 31.3. The van der Waals surface area contributed by atoms with E-state index in [-0.39, 0.29) is 25.3 Å². The van der Waals surface area contributed by atoms with Gasteiger partial charge in [-0.05, 0) is 43.1 Å². The van der Waals surface area contributed by atoms with Crippen molar-refractivity contribution >= 4 is 62.6 Å². The van der Waals surface area contributed by atoms with E-state index in [1.54, 1.807) is 0 Å². The van der Waals surface area contributed by atoms with Crippen LogP contribution in [-0.4, -0.2) is 69.8 Å². The number of rotatable bonds is 10. The number of benzene rings is 1. The number of halogens is 1. The van der Waals surface area contributed by atoms with Crippen LogP contribution in [0.15, 0.2) is 36.9 Å². The van der Waals surface area contributed by atoms with Gasteiger partial charge in [0.25, 0.3) is 5.91 Å².